The van der Waals surface area contributed by atoms with E-state index < -0.39 is 0 Å². The van der Waals surface area contributed by atoms with E-state index in [1.54, 1.807) is 0 Å². The van der Waals surface area contributed by atoms with Gasteiger partial charge in [-0.25, -0.2) is 4.98 Å². The average Bonchev–Trinajstić information content (AvgIpc) is 2.91. The fourth-order valence-electron chi connectivity index (χ4n) is 3.48. The molecule has 23 heavy (non-hydrogen) atoms. The summed E-state index contributed by atoms with van der Waals surface area (Å²) in [4.78, 5) is 14.5. The lowest BCUT2D eigenvalue weighted by Crippen LogP contribution is -2.37. The number of nitrogens with zero attached hydrogens (tertiary/aromatic N) is 4. The predicted molar refractivity (Wildman–Crippen MR) is 93.3 cm³/mol. The molecule has 2 saturated heterocycles. The highest BCUT2D eigenvalue weighted by Gasteiger charge is 2.20. The first-order valence-corrected chi connectivity index (χ1v) is 8.76. The Morgan fingerprint density at radius 1 is 0.783 bits per heavy atom. The fraction of sp³-hybridized carbons (Fsp3) is 0.556. The number of aromatic nitrogens is 2. The monoisotopic (exact) mass is 312 g/mol. The molecule has 0 N–H and O–H groups in total. The number of rotatable bonds is 2. The first kappa shape index (κ1) is 14.7. The van der Waals surface area contributed by atoms with Crippen LogP contribution in [0.2, 0.25) is 0 Å². The van der Waals surface area contributed by atoms with Gasteiger partial charge in [0.1, 0.15) is 5.82 Å². The quantitative estimate of drug-likeness (QED) is 0.853. The van der Waals surface area contributed by atoms with Crippen molar-refractivity contribution in [1.82, 2.24) is 9.97 Å². The maximum atomic E-state index is 5.46. The normalized spacial score (nSPS) is 19.8. The van der Waals surface area contributed by atoms with Crippen LogP contribution in [0.5, 0.6) is 0 Å². The van der Waals surface area contributed by atoms with Crippen LogP contribution in [0.1, 0.15) is 25.7 Å². The molecular formula is C18H24N4O. The molecule has 0 spiro atoms. The number of morpholine rings is 1. The van der Waals surface area contributed by atoms with Gasteiger partial charge >= 0.3 is 0 Å². The van der Waals surface area contributed by atoms with Crippen LogP contribution in [0.15, 0.2) is 24.3 Å². The fourth-order valence-corrected chi connectivity index (χ4v) is 3.48. The Bertz CT molecular complexity index is 661. The molecule has 2 aliphatic heterocycles. The van der Waals surface area contributed by atoms with Gasteiger partial charge in [0, 0.05) is 31.6 Å². The highest BCUT2D eigenvalue weighted by Crippen LogP contribution is 2.28. The van der Waals surface area contributed by atoms with Crippen molar-refractivity contribution >= 4 is 22.7 Å². The van der Waals surface area contributed by atoms with Crippen LogP contribution < -0.4 is 9.80 Å². The molecule has 0 unspecified atom stereocenters. The lowest BCUT2D eigenvalue weighted by molar-refractivity contribution is 0.122. The van der Waals surface area contributed by atoms with E-state index in [-0.39, 0.29) is 0 Å². The van der Waals surface area contributed by atoms with Crippen molar-refractivity contribution in [2.45, 2.75) is 25.7 Å². The SMILES string of the molecule is c1ccc2c(N3CCCCCC3)nc(N3CCOCC3)nc2c1. The average molecular weight is 312 g/mol. The number of para-hydroxylation sites is 1. The largest absolute Gasteiger partial charge is 0.378 e. The van der Waals surface area contributed by atoms with Gasteiger partial charge in [0.05, 0.1) is 18.7 Å². The van der Waals surface area contributed by atoms with Gasteiger partial charge in [0.15, 0.2) is 0 Å². The molecule has 0 radical (unpaired) electrons. The lowest BCUT2D eigenvalue weighted by Gasteiger charge is -2.29. The van der Waals surface area contributed by atoms with E-state index in [0.717, 1.165) is 56.7 Å². The molecule has 1 aromatic carbocycles. The summed E-state index contributed by atoms with van der Waals surface area (Å²) >= 11 is 0. The predicted octanol–water partition coefficient (Wildman–Crippen LogP) is 2.85. The number of anilines is 2. The molecule has 2 aromatic rings. The van der Waals surface area contributed by atoms with Crippen LogP contribution in [0, 0.1) is 0 Å². The molecule has 0 amide bonds. The summed E-state index contributed by atoms with van der Waals surface area (Å²) in [6, 6.07) is 8.40. The molecule has 5 heteroatoms. The Labute approximate surface area is 137 Å². The van der Waals surface area contributed by atoms with Crippen LogP contribution in [0.4, 0.5) is 11.8 Å². The van der Waals surface area contributed by atoms with E-state index in [1.807, 2.05) is 0 Å². The van der Waals surface area contributed by atoms with Crippen LogP contribution >= 0.6 is 0 Å². The van der Waals surface area contributed by atoms with Gasteiger partial charge in [0.25, 0.3) is 0 Å². The van der Waals surface area contributed by atoms with E-state index in [4.69, 9.17) is 14.7 Å². The second kappa shape index (κ2) is 6.71. The van der Waals surface area contributed by atoms with Crippen LogP contribution in [0.25, 0.3) is 10.9 Å². The molecule has 2 aliphatic rings. The molecule has 0 aliphatic carbocycles. The maximum Gasteiger partial charge on any atom is 0.228 e. The van der Waals surface area contributed by atoms with Crippen molar-refractivity contribution in [3.63, 3.8) is 0 Å². The topological polar surface area (TPSA) is 41.5 Å². The molecule has 122 valence electrons. The van der Waals surface area contributed by atoms with Crippen molar-refractivity contribution in [3.05, 3.63) is 24.3 Å². The zero-order valence-corrected chi connectivity index (χ0v) is 13.6. The van der Waals surface area contributed by atoms with Gasteiger partial charge in [-0.2, -0.15) is 4.98 Å². The van der Waals surface area contributed by atoms with Crippen molar-refractivity contribution in [1.29, 1.82) is 0 Å². The molecule has 0 bridgehead atoms. The third kappa shape index (κ3) is 3.11. The van der Waals surface area contributed by atoms with Gasteiger partial charge < -0.3 is 14.5 Å². The Hall–Kier alpha value is -1.88. The Morgan fingerprint density at radius 2 is 1.52 bits per heavy atom. The van der Waals surface area contributed by atoms with Crippen LogP contribution in [-0.2, 0) is 4.74 Å². The van der Waals surface area contributed by atoms with E-state index >= 15 is 0 Å². The molecule has 1 aromatic heterocycles. The molecule has 2 fully saturated rings. The zero-order chi connectivity index (χ0) is 15.5. The number of hydrogen-bond donors (Lipinski definition) is 0. The van der Waals surface area contributed by atoms with E-state index in [9.17, 15) is 0 Å². The molecule has 4 rings (SSSR count). The summed E-state index contributed by atoms with van der Waals surface area (Å²) in [5.41, 5.74) is 1.04. The van der Waals surface area contributed by atoms with E-state index in [2.05, 4.69) is 34.1 Å². The minimum atomic E-state index is 0.759. The number of benzene rings is 1. The van der Waals surface area contributed by atoms with Crippen LogP contribution in [0.3, 0.4) is 0 Å². The third-order valence-corrected chi connectivity index (χ3v) is 4.77. The highest BCUT2D eigenvalue weighted by atomic mass is 16.5. The summed E-state index contributed by atoms with van der Waals surface area (Å²) < 4.78 is 5.46. The third-order valence-electron chi connectivity index (χ3n) is 4.77. The van der Waals surface area contributed by atoms with Gasteiger partial charge in [-0.05, 0) is 25.0 Å². The Kier molecular flexibility index (Phi) is 4.28. The van der Waals surface area contributed by atoms with E-state index in [1.165, 1.54) is 31.1 Å². The van der Waals surface area contributed by atoms with E-state index in [0.29, 0.717) is 0 Å². The smallest absolute Gasteiger partial charge is 0.228 e. The number of ether oxygens (including phenoxy) is 1. The molecule has 0 atom stereocenters. The summed E-state index contributed by atoms with van der Waals surface area (Å²) in [5.74, 6) is 1.96. The van der Waals surface area contributed by atoms with Gasteiger partial charge in [0.2, 0.25) is 5.95 Å². The molecule has 5 nitrogen and oxygen atoms in total. The Balaban J connectivity index is 1.76. The van der Waals surface area contributed by atoms with Crippen molar-refractivity contribution in [2.24, 2.45) is 0 Å². The minimum Gasteiger partial charge on any atom is -0.378 e. The second-order valence-electron chi connectivity index (χ2n) is 6.37. The Morgan fingerprint density at radius 3 is 2.30 bits per heavy atom. The zero-order valence-electron chi connectivity index (χ0n) is 13.6. The molecular weight excluding hydrogens is 288 g/mol. The first-order valence-electron chi connectivity index (χ1n) is 8.76. The van der Waals surface area contributed by atoms with Gasteiger partial charge in [-0.15, -0.1) is 0 Å². The standard InChI is InChI=1S/C18H24N4O/c1-2-6-10-21(9-5-1)17-15-7-3-4-8-16(15)19-18(20-17)22-11-13-23-14-12-22/h3-4,7-8H,1-2,5-6,9-14H2. The maximum absolute atomic E-state index is 5.46. The first-order chi connectivity index (χ1) is 11.4. The molecule has 3 heterocycles. The summed E-state index contributed by atoms with van der Waals surface area (Å²) in [6.07, 6.45) is 5.17. The summed E-state index contributed by atoms with van der Waals surface area (Å²) in [6.45, 7) is 5.47. The highest BCUT2D eigenvalue weighted by molar-refractivity contribution is 5.90. The molecule has 0 saturated carbocycles. The summed E-state index contributed by atoms with van der Waals surface area (Å²) in [5, 5.41) is 1.17. The minimum absolute atomic E-state index is 0.759. The van der Waals surface area contributed by atoms with Crippen molar-refractivity contribution in [3.8, 4) is 0 Å². The number of hydrogen-bond acceptors (Lipinski definition) is 5. The second-order valence-corrected chi connectivity index (χ2v) is 6.37. The van der Waals surface area contributed by atoms with Crippen molar-refractivity contribution < 1.29 is 4.74 Å². The van der Waals surface area contributed by atoms with Crippen molar-refractivity contribution in [2.75, 3.05) is 49.2 Å². The van der Waals surface area contributed by atoms with Gasteiger partial charge in [-0.1, -0.05) is 25.0 Å². The lowest BCUT2D eigenvalue weighted by atomic mass is 10.2. The summed E-state index contributed by atoms with van der Waals surface area (Å²) in [7, 11) is 0. The van der Waals surface area contributed by atoms with Gasteiger partial charge in [-0.3, -0.25) is 0 Å². The van der Waals surface area contributed by atoms with Crippen LogP contribution in [-0.4, -0.2) is 49.4 Å². The number of fused-ring (bicyclic) bond motifs is 1.